The summed E-state index contributed by atoms with van der Waals surface area (Å²) >= 11 is 0. The van der Waals surface area contributed by atoms with Crippen molar-refractivity contribution >= 4 is 23.2 Å². The van der Waals surface area contributed by atoms with Crippen molar-refractivity contribution in [3.8, 4) is 5.75 Å². The van der Waals surface area contributed by atoms with Crippen LogP contribution in [0.4, 0.5) is 5.69 Å². The number of amides is 2. The molecule has 2 amide bonds. The molecule has 1 aliphatic heterocycles. The lowest BCUT2D eigenvalue weighted by Crippen LogP contribution is -2.40. The van der Waals surface area contributed by atoms with Gasteiger partial charge in [-0.1, -0.05) is 30.3 Å². The van der Waals surface area contributed by atoms with E-state index in [0.717, 1.165) is 11.3 Å². The lowest BCUT2D eigenvalue weighted by atomic mass is 10.1. The molecule has 1 atom stereocenters. The molecular formula is C20H22N4O3. The summed E-state index contributed by atoms with van der Waals surface area (Å²) in [4.78, 5) is 24.1. The highest BCUT2D eigenvalue weighted by atomic mass is 16.5. The summed E-state index contributed by atoms with van der Waals surface area (Å²) in [6.45, 7) is 2.66. The number of hydrazone groups is 1. The highest BCUT2D eigenvalue weighted by Crippen LogP contribution is 2.24. The largest absolute Gasteiger partial charge is 0.492 e. The van der Waals surface area contributed by atoms with Crippen LogP contribution in [0, 0.1) is 6.92 Å². The highest BCUT2D eigenvalue weighted by Gasteiger charge is 2.34. The number of hydrogen-bond donors (Lipinski definition) is 2. The Bertz CT molecular complexity index is 851. The molecule has 2 aromatic rings. The standard InChI is InChI=1S/C20H22N4O3/c1-14-6-5-9-16(12-14)27-11-10-22-20(26)17-13-18(19(21)25)24(23-17)15-7-3-2-4-8-15/h2-9,12,18H,10-11,13H2,1H3,(H2,21,25)(H,22,26). The molecule has 0 aliphatic carbocycles. The summed E-state index contributed by atoms with van der Waals surface area (Å²) in [5.74, 6) is -0.0905. The molecule has 140 valence electrons. The van der Waals surface area contributed by atoms with E-state index in [-0.39, 0.29) is 18.0 Å². The molecule has 0 spiro atoms. The fourth-order valence-corrected chi connectivity index (χ4v) is 2.83. The minimum Gasteiger partial charge on any atom is -0.492 e. The number of carbonyl (C=O) groups is 2. The van der Waals surface area contributed by atoms with Crippen LogP contribution in [0.1, 0.15) is 12.0 Å². The van der Waals surface area contributed by atoms with Gasteiger partial charge in [-0.05, 0) is 36.8 Å². The van der Waals surface area contributed by atoms with Gasteiger partial charge in [0.25, 0.3) is 5.91 Å². The Morgan fingerprint density at radius 2 is 2.00 bits per heavy atom. The summed E-state index contributed by atoms with van der Waals surface area (Å²) in [6, 6.07) is 16.2. The van der Waals surface area contributed by atoms with E-state index in [1.165, 1.54) is 5.01 Å². The number of aryl methyl sites for hydroxylation is 1. The van der Waals surface area contributed by atoms with Crippen molar-refractivity contribution in [2.24, 2.45) is 10.8 Å². The molecule has 0 saturated carbocycles. The number of carbonyl (C=O) groups excluding carboxylic acids is 2. The van der Waals surface area contributed by atoms with Gasteiger partial charge in [0.05, 0.1) is 12.2 Å². The number of hydrogen-bond acceptors (Lipinski definition) is 5. The van der Waals surface area contributed by atoms with E-state index >= 15 is 0 Å². The van der Waals surface area contributed by atoms with Crippen LogP contribution in [0.2, 0.25) is 0 Å². The zero-order valence-corrected chi connectivity index (χ0v) is 15.1. The van der Waals surface area contributed by atoms with E-state index in [1.807, 2.05) is 61.5 Å². The summed E-state index contributed by atoms with van der Waals surface area (Å²) in [5.41, 5.74) is 7.58. The van der Waals surface area contributed by atoms with E-state index in [0.29, 0.717) is 18.8 Å². The average molecular weight is 366 g/mol. The first-order valence-corrected chi connectivity index (χ1v) is 8.73. The van der Waals surface area contributed by atoms with Crippen molar-refractivity contribution in [1.82, 2.24) is 5.32 Å². The van der Waals surface area contributed by atoms with Gasteiger partial charge in [-0.3, -0.25) is 14.6 Å². The third kappa shape index (κ3) is 4.63. The Morgan fingerprint density at radius 1 is 1.22 bits per heavy atom. The van der Waals surface area contributed by atoms with Gasteiger partial charge in [0.2, 0.25) is 5.91 Å². The van der Waals surface area contributed by atoms with Gasteiger partial charge in [-0.2, -0.15) is 5.10 Å². The van der Waals surface area contributed by atoms with Crippen LogP contribution in [-0.4, -0.2) is 36.7 Å². The fraction of sp³-hybridized carbons (Fsp3) is 0.250. The first kappa shape index (κ1) is 18.4. The number of para-hydroxylation sites is 1. The lowest BCUT2D eigenvalue weighted by molar-refractivity contribution is -0.119. The molecule has 1 aliphatic rings. The number of primary amides is 1. The normalized spacial score (nSPS) is 16.0. The average Bonchev–Trinajstić information content (AvgIpc) is 3.12. The number of benzene rings is 2. The first-order valence-electron chi connectivity index (χ1n) is 8.73. The maximum Gasteiger partial charge on any atom is 0.267 e. The minimum atomic E-state index is -0.670. The molecule has 0 saturated heterocycles. The van der Waals surface area contributed by atoms with Crippen LogP contribution >= 0.6 is 0 Å². The molecular weight excluding hydrogens is 344 g/mol. The minimum absolute atomic E-state index is 0.175. The van der Waals surface area contributed by atoms with E-state index in [9.17, 15) is 9.59 Å². The third-order valence-corrected chi connectivity index (χ3v) is 4.17. The molecule has 2 aromatic carbocycles. The molecule has 7 heteroatoms. The molecule has 1 heterocycles. The quantitative estimate of drug-likeness (QED) is 0.728. The maximum atomic E-state index is 12.4. The van der Waals surface area contributed by atoms with Crippen LogP contribution in [0.25, 0.3) is 0 Å². The predicted octanol–water partition coefficient (Wildman–Crippen LogP) is 1.61. The molecule has 7 nitrogen and oxygen atoms in total. The molecule has 27 heavy (non-hydrogen) atoms. The maximum absolute atomic E-state index is 12.4. The second-order valence-corrected chi connectivity index (χ2v) is 6.27. The van der Waals surface area contributed by atoms with Crippen LogP contribution < -0.4 is 20.8 Å². The molecule has 3 N–H and O–H groups in total. The molecule has 1 unspecified atom stereocenters. The second kappa shape index (κ2) is 8.35. The van der Waals surface area contributed by atoms with Gasteiger partial charge in [0.1, 0.15) is 24.1 Å². The van der Waals surface area contributed by atoms with Gasteiger partial charge in [0, 0.05) is 6.42 Å². The summed E-state index contributed by atoms with van der Waals surface area (Å²) < 4.78 is 5.61. The summed E-state index contributed by atoms with van der Waals surface area (Å²) in [5, 5.41) is 8.57. The SMILES string of the molecule is Cc1cccc(OCCNC(=O)C2=NN(c3ccccc3)C(C(N)=O)C2)c1. The topological polar surface area (TPSA) is 97.0 Å². The highest BCUT2D eigenvalue weighted by molar-refractivity contribution is 6.40. The first-order chi connectivity index (χ1) is 13.0. The molecule has 0 aromatic heterocycles. The number of ether oxygens (including phenoxy) is 1. The van der Waals surface area contributed by atoms with Crippen LogP contribution in [0.5, 0.6) is 5.75 Å². The lowest BCUT2D eigenvalue weighted by Gasteiger charge is -2.20. The van der Waals surface area contributed by atoms with E-state index in [2.05, 4.69) is 10.4 Å². The van der Waals surface area contributed by atoms with Crippen molar-refractivity contribution < 1.29 is 14.3 Å². The van der Waals surface area contributed by atoms with Gasteiger partial charge in [-0.15, -0.1) is 0 Å². The Kier molecular flexibility index (Phi) is 5.71. The van der Waals surface area contributed by atoms with Gasteiger partial charge in [-0.25, -0.2) is 0 Å². The van der Waals surface area contributed by atoms with Gasteiger partial charge in [0.15, 0.2) is 0 Å². The summed E-state index contributed by atoms with van der Waals surface area (Å²) in [6.07, 6.45) is 0.175. The molecule has 0 radical (unpaired) electrons. The number of rotatable bonds is 7. The zero-order valence-electron chi connectivity index (χ0n) is 15.1. The van der Waals surface area contributed by atoms with E-state index < -0.39 is 11.9 Å². The van der Waals surface area contributed by atoms with Crippen molar-refractivity contribution in [2.75, 3.05) is 18.2 Å². The van der Waals surface area contributed by atoms with Crippen LogP contribution in [0.15, 0.2) is 59.7 Å². The fourth-order valence-electron chi connectivity index (χ4n) is 2.83. The Labute approximate surface area is 157 Å². The number of nitrogens with two attached hydrogens (primary N) is 1. The number of nitrogens with zero attached hydrogens (tertiary/aromatic N) is 2. The Hall–Kier alpha value is -3.35. The van der Waals surface area contributed by atoms with Crippen molar-refractivity contribution in [3.05, 3.63) is 60.2 Å². The Balaban J connectivity index is 1.57. The van der Waals surface area contributed by atoms with Gasteiger partial charge < -0.3 is 15.8 Å². The number of nitrogens with one attached hydrogen (secondary N) is 1. The molecule has 0 bridgehead atoms. The third-order valence-electron chi connectivity index (χ3n) is 4.17. The monoisotopic (exact) mass is 366 g/mol. The number of anilines is 1. The van der Waals surface area contributed by atoms with E-state index in [1.54, 1.807) is 0 Å². The molecule has 0 fully saturated rings. The van der Waals surface area contributed by atoms with Crippen molar-refractivity contribution in [1.29, 1.82) is 0 Å². The predicted molar refractivity (Wildman–Crippen MR) is 104 cm³/mol. The van der Waals surface area contributed by atoms with Crippen LogP contribution in [0.3, 0.4) is 0 Å². The second-order valence-electron chi connectivity index (χ2n) is 6.27. The van der Waals surface area contributed by atoms with Gasteiger partial charge >= 0.3 is 0 Å². The Morgan fingerprint density at radius 3 is 2.70 bits per heavy atom. The smallest absolute Gasteiger partial charge is 0.267 e. The van der Waals surface area contributed by atoms with Crippen LogP contribution in [-0.2, 0) is 9.59 Å². The van der Waals surface area contributed by atoms with Crippen molar-refractivity contribution in [3.63, 3.8) is 0 Å². The molecule has 3 rings (SSSR count). The summed E-state index contributed by atoms with van der Waals surface area (Å²) in [7, 11) is 0. The van der Waals surface area contributed by atoms with Crippen molar-refractivity contribution in [2.45, 2.75) is 19.4 Å². The van der Waals surface area contributed by atoms with E-state index in [4.69, 9.17) is 10.5 Å². The zero-order chi connectivity index (χ0) is 19.2.